The molecule has 118 valence electrons. The number of aromatic nitrogens is 1. The van der Waals surface area contributed by atoms with Gasteiger partial charge in [0.05, 0.1) is 12.7 Å². The summed E-state index contributed by atoms with van der Waals surface area (Å²) in [4.78, 5) is 7.40. The molecule has 0 aliphatic rings. The summed E-state index contributed by atoms with van der Waals surface area (Å²) in [7, 11) is 1.66. The summed E-state index contributed by atoms with van der Waals surface area (Å²) < 4.78 is 6.18. The second-order valence-corrected chi connectivity index (χ2v) is 6.13. The molecule has 0 spiro atoms. The van der Waals surface area contributed by atoms with Crippen molar-refractivity contribution in [3.63, 3.8) is 0 Å². The summed E-state index contributed by atoms with van der Waals surface area (Å²) in [5, 5.41) is 11.0. The fourth-order valence-electron chi connectivity index (χ4n) is 2.48. The van der Waals surface area contributed by atoms with Gasteiger partial charge in [-0.15, -0.1) is 0 Å². The van der Waals surface area contributed by atoms with E-state index in [1.807, 2.05) is 36.4 Å². The van der Waals surface area contributed by atoms with E-state index in [9.17, 15) is 5.11 Å². The van der Waals surface area contributed by atoms with E-state index in [1.165, 1.54) is 5.56 Å². The van der Waals surface area contributed by atoms with Crippen LogP contribution in [0.1, 0.15) is 11.1 Å². The molecule has 0 radical (unpaired) electrons. The van der Waals surface area contributed by atoms with Gasteiger partial charge in [-0.25, -0.2) is 0 Å². The normalized spacial score (nSPS) is 11.4. The maximum absolute atomic E-state index is 10.0. The first-order valence-corrected chi connectivity index (χ1v) is 8.09. The third-order valence-corrected chi connectivity index (χ3v) is 4.16. The Bertz CT molecular complexity index is 855. The lowest BCUT2D eigenvalue weighted by Crippen LogP contribution is -1.92. The van der Waals surface area contributed by atoms with E-state index >= 15 is 0 Å². The van der Waals surface area contributed by atoms with Crippen molar-refractivity contribution in [1.82, 2.24) is 4.98 Å². The number of nitrogens with zero attached hydrogens (tertiary/aromatic N) is 1. The molecular weight excluding hydrogens is 356 g/mol. The number of ether oxygens (including phenoxy) is 1. The molecular formula is C18H17BrN2O2. The van der Waals surface area contributed by atoms with Crippen LogP contribution < -0.4 is 4.74 Å². The number of aromatic amines is 1. The monoisotopic (exact) mass is 372 g/mol. The van der Waals surface area contributed by atoms with Crippen LogP contribution in [0.5, 0.6) is 11.6 Å². The lowest BCUT2D eigenvalue weighted by Gasteiger charge is -2.02. The predicted molar refractivity (Wildman–Crippen MR) is 96.8 cm³/mol. The molecule has 2 aromatic carbocycles. The summed E-state index contributed by atoms with van der Waals surface area (Å²) in [6, 6.07) is 13.8. The molecule has 3 rings (SSSR count). The lowest BCUT2D eigenvalue weighted by molar-refractivity contribution is 0.414. The van der Waals surface area contributed by atoms with Crippen molar-refractivity contribution < 1.29 is 9.84 Å². The maximum atomic E-state index is 10.0. The molecule has 0 atom stereocenters. The Morgan fingerprint density at radius 1 is 1.26 bits per heavy atom. The zero-order valence-electron chi connectivity index (χ0n) is 12.7. The van der Waals surface area contributed by atoms with Gasteiger partial charge in [0.2, 0.25) is 0 Å². The maximum Gasteiger partial charge on any atom is 0.198 e. The predicted octanol–water partition coefficient (Wildman–Crippen LogP) is 4.31. The highest BCUT2D eigenvalue weighted by Crippen LogP contribution is 2.28. The highest BCUT2D eigenvalue weighted by atomic mass is 79.9. The Balaban J connectivity index is 1.73. The van der Waals surface area contributed by atoms with E-state index in [-0.39, 0.29) is 5.88 Å². The van der Waals surface area contributed by atoms with E-state index < -0.39 is 0 Å². The van der Waals surface area contributed by atoms with Gasteiger partial charge in [-0.2, -0.15) is 0 Å². The summed E-state index contributed by atoms with van der Waals surface area (Å²) >= 11 is 3.45. The van der Waals surface area contributed by atoms with E-state index in [4.69, 9.17) is 4.74 Å². The fourth-order valence-corrected chi connectivity index (χ4v) is 2.84. The molecule has 0 saturated carbocycles. The van der Waals surface area contributed by atoms with Gasteiger partial charge in [0, 0.05) is 28.1 Å². The SMILES string of the molecule is COc1cccc(CCN=Cc2c(O)[nH]c3ccc(Br)cc23)c1. The smallest absolute Gasteiger partial charge is 0.198 e. The molecule has 1 heterocycles. The average molecular weight is 373 g/mol. The zero-order chi connectivity index (χ0) is 16.2. The van der Waals surface area contributed by atoms with Gasteiger partial charge in [-0.1, -0.05) is 28.1 Å². The van der Waals surface area contributed by atoms with Gasteiger partial charge in [0.25, 0.3) is 0 Å². The van der Waals surface area contributed by atoms with Crippen molar-refractivity contribution in [2.24, 2.45) is 4.99 Å². The number of aromatic hydroxyl groups is 1. The largest absolute Gasteiger partial charge is 0.497 e. The standard InChI is InChI=1S/C18H17BrN2O2/c1-23-14-4-2-3-12(9-14)7-8-20-11-16-15-10-13(19)5-6-17(15)21-18(16)22/h2-6,9-11,21-22H,7-8H2,1H3. The number of H-pyrrole nitrogens is 1. The van der Waals surface area contributed by atoms with E-state index in [0.29, 0.717) is 12.1 Å². The van der Waals surface area contributed by atoms with Crippen LogP contribution in [-0.2, 0) is 6.42 Å². The molecule has 1 aromatic heterocycles. The molecule has 0 aliphatic heterocycles. The Morgan fingerprint density at radius 2 is 2.13 bits per heavy atom. The molecule has 4 nitrogen and oxygen atoms in total. The van der Waals surface area contributed by atoms with Crippen LogP contribution in [-0.4, -0.2) is 30.0 Å². The number of fused-ring (bicyclic) bond motifs is 1. The molecule has 3 aromatic rings. The van der Waals surface area contributed by atoms with Gasteiger partial charge < -0.3 is 14.8 Å². The Hall–Kier alpha value is -2.27. The number of benzene rings is 2. The van der Waals surface area contributed by atoms with Gasteiger partial charge in [-0.05, 0) is 42.3 Å². The first kappa shape index (κ1) is 15.6. The quantitative estimate of drug-likeness (QED) is 0.655. The van der Waals surface area contributed by atoms with Crippen molar-refractivity contribution >= 4 is 33.0 Å². The topological polar surface area (TPSA) is 57.6 Å². The fraction of sp³-hybridized carbons (Fsp3) is 0.167. The number of nitrogens with one attached hydrogen (secondary N) is 1. The minimum Gasteiger partial charge on any atom is -0.497 e. The van der Waals surface area contributed by atoms with Crippen LogP contribution >= 0.6 is 15.9 Å². The highest BCUT2D eigenvalue weighted by molar-refractivity contribution is 9.10. The van der Waals surface area contributed by atoms with E-state index in [1.54, 1.807) is 13.3 Å². The van der Waals surface area contributed by atoms with Gasteiger partial charge in [0.1, 0.15) is 5.75 Å². The Labute approximate surface area is 143 Å². The van der Waals surface area contributed by atoms with Gasteiger partial charge in [0.15, 0.2) is 5.88 Å². The molecule has 0 saturated heterocycles. The van der Waals surface area contributed by atoms with E-state index in [0.717, 1.165) is 27.5 Å². The highest BCUT2D eigenvalue weighted by Gasteiger charge is 2.08. The van der Waals surface area contributed by atoms with Crippen LogP contribution in [0.4, 0.5) is 0 Å². The van der Waals surface area contributed by atoms with E-state index in [2.05, 4.69) is 32.0 Å². The number of hydrogen-bond acceptors (Lipinski definition) is 3. The summed E-state index contributed by atoms with van der Waals surface area (Å²) in [5.41, 5.74) is 2.78. The van der Waals surface area contributed by atoms with Crippen LogP contribution in [0.15, 0.2) is 51.9 Å². The first-order chi connectivity index (χ1) is 11.2. The molecule has 0 fully saturated rings. The molecule has 5 heteroatoms. The molecule has 0 unspecified atom stereocenters. The Morgan fingerprint density at radius 3 is 2.96 bits per heavy atom. The van der Waals surface area contributed by atoms with Crippen LogP contribution in [0.2, 0.25) is 0 Å². The van der Waals surface area contributed by atoms with Crippen molar-refractivity contribution in [1.29, 1.82) is 0 Å². The number of hydrogen-bond donors (Lipinski definition) is 2. The minimum atomic E-state index is 0.142. The minimum absolute atomic E-state index is 0.142. The molecule has 0 amide bonds. The van der Waals surface area contributed by atoms with Crippen LogP contribution in [0, 0.1) is 0 Å². The lowest BCUT2D eigenvalue weighted by atomic mass is 10.1. The number of aliphatic imine (C=N–C) groups is 1. The first-order valence-electron chi connectivity index (χ1n) is 7.30. The number of rotatable bonds is 5. The van der Waals surface area contributed by atoms with Crippen molar-refractivity contribution in [2.75, 3.05) is 13.7 Å². The average Bonchev–Trinajstić information content (AvgIpc) is 2.87. The van der Waals surface area contributed by atoms with Crippen LogP contribution in [0.3, 0.4) is 0 Å². The third kappa shape index (κ3) is 3.56. The molecule has 0 bridgehead atoms. The second kappa shape index (κ2) is 6.87. The molecule has 0 aliphatic carbocycles. The van der Waals surface area contributed by atoms with Gasteiger partial charge in [-0.3, -0.25) is 4.99 Å². The summed E-state index contributed by atoms with van der Waals surface area (Å²) in [6.07, 6.45) is 2.54. The van der Waals surface area contributed by atoms with Crippen molar-refractivity contribution in [2.45, 2.75) is 6.42 Å². The van der Waals surface area contributed by atoms with Crippen molar-refractivity contribution in [3.8, 4) is 11.6 Å². The second-order valence-electron chi connectivity index (χ2n) is 5.21. The zero-order valence-corrected chi connectivity index (χ0v) is 14.3. The Kier molecular flexibility index (Phi) is 4.67. The van der Waals surface area contributed by atoms with Gasteiger partial charge >= 0.3 is 0 Å². The number of halogens is 1. The molecule has 23 heavy (non-hydrogen) atoms. The number of methoxy groups -OCH3 is 1. The third-order valence-electron chi connectivity index (χ3n) is 3.66. The summed E-state index contributed by atoms with van der Waals surface area (Å²) in [5.74, 6) is 0.994. The molecule has 2 N–H and O–H groups in total. The van der Waals surface area contributed by atoms with Crippen molar-refractivity contribution in [3.05, 3.63) is 58.1 Å². The summed E-state index contributed by atoms with van der Waals surface area (Å²) in [6.45, 7) is 0.646. The van der Waals surface area contributed by atoms with Crippen LogP contribution in [0.25, 0.3) is 10.9 Å².